The molecule has 1 rings (SSSR count). The van der Waals surface area contributed by atoms with Crippen LogP contribution in [0.25, 0.3) is 0 Å². The van der Waals surface area contributed by atoms with Crippen LogP contribution in [0, 0.1) is 11.7 Å². The number of nitrogens with one attached hydrogen (secondary N) is 1. The summed E-state index contributed by atoms with van der Waals surface area (Å²) in [7, 11) is 0. The fourth-order valence-corrected chi connectivity index (χ4v) is 1.80. The minimum atomic E-state index is -0.415. The second kappa shape index (κ2) is 7.49. The molecule has 0 unspecified atom stereocenters. The van der Waals surface area contributed by atoms with Crippen LogP contribution in [0.2, 0.25) is 5.02 Å². The zero-order valence-corrected chi connectivity index (χ0v) is 11.6. The summed E-state index contributed by atoms with van der Waals surface area (Å²) >= 11 is 5.68. The Balaban J connectivity index is 2.36. The molecule has 0 spiro atoms. The van der Waals surface area contributed by atoms with Gasteiger partial charge in [-0.1, -0.05) is 37.6 Å². The van der Waals surface area contributed by atoms with E-state index in [1.54, 1.807) is 12.1 Å². The van der Waals surface area contributed by atoms with E-state index in [1.807, 2.05) is 0 Å². The van der Waals surface area contributed by atoms with Gasteiger partial charge in [0.15, 0.2) is 0 Å². The molecule has 1 aromatic rings. The summed E-state index contributed by atoms with van der Waals surface area (Å²) in [5, 5.41) is 3.19. The molecule has 0 radical (unpaired) electrons. The molecule has 0 aliphatic carbocycles. The minimum absolute atomic E-state index is 0.0926. The maximum Gasteiger partial charge on any atom is 0.146 e. The second-order valence-corrected chi connectivity index (χ2v) is 5.18. The summed E-state index contributed by atoms with van der Waals surface area (Å²) in [4.78, 5) is 11.6. The molecule has 1 aromatic carbocycles. The number of benzene rings is 1. The van der Waals surface area contributed by atoms with E-state index in [-0.39, 0.29) is 10.8 Å². The molecule has 0 bridgehead atoms. The molecule has 0 saturated heterocycles. The van der Waals surface area contributed by atoms with Gasteiger partial charge in [0.05, 0.1) is 11.6 Å². The van der Waals surface area contributed by atoms with Crippen molar-refractivity contribution < 1.29 is 9.18 Å². The number of Topliss-reactive ketones (excluding diaryl/α,β-unsaturated/α-hetero) is 1. The Morgan fingerprint density at radius 2 is 2.17 bits per heavy atom. The van der Waals surface area contributed by atoms with Gasteiger partial charge in [0.2, 0.25) is 0 Å². The fraction of sp³-hybridized carbons (Fsp3) is 0.500. The standard InChI is InChI=1S/C14H19ClFNO/c1-10(2)8-17-9-12(18)7-6-11-4-3-5-13(15)14(11)16/h3-5,10,17H,6-9H2,1-2H3. The number of rotatable bonds is 7. The Morgan fingerprint density at radius 3 is 2.83 bits per heavy atom. The molecular weight excluding hydrogens is 253 g/mol. The van der Waals surface area contributed by atoms with Crippen molar-refractivity contribution in [3.63, 3.8) is 0 Å². The van der Waals surface area contributed by atoms with Crippen molar-refractivity contribution in [2.75, 3.05) is 13.1 Å². The van der Waals surface area contributed by atoms with Gasteiger partial charge in [-0.05, 0) is 30.5 Å². The largest absolute Gasteiger partial charge is 0.310 e. The van der Waals surface area contributed by atoms with Gasteiger partial charge in [-0.2, -0.15) is 0 Å². The van der Waals surface area contributed by atoms with E-state index in [0.717, 1.165) is 6.54 Å². The molecule has 0 atom stereocenters. The van der Waals surface area contributed by atoms with Crippen LogP contribution in [0.1, 0.15) is 25.8 Å². The molecule has 0 aliphatic rings. The lowest BCUT2D eigenvalue weighted by Gasteiger charge is -2.07. The summed E-state index contributed by atoms with van der Waals surface area (Å²) in [6.07, 6.45) is 0.733. The van der Waals surface area contributed by atoms with Crippen LogP contribution in [0.5, 0.6) is 0 Å². The highest BCUT2D eigenvalue weighted by atomic mass is 35.5. The summed E-state index contributed by atoms with van der Waals surface area (Å²) in [6, 6.07) is 4.87. The number of ketones is 1. The average molecular weight is 272 g/mol. The van der Waals surface area contributed by atoms with Crippen LogP contribution in [-0.2, 0) is 11.2 Å². The first kappa shape index (κ1) is 15.1. The van der Waals surface area contributed by atoms with Crippen LogP contribution in [0.3, 0.4) is 0 Å². The highest BCUT2D eigenvalue weighted by molar-refractivity contribution is 6.30. The number of aryl methyl sites for hydroxylation is 1. The van der Waals surface area contributed by atoms with Crippen molar-refractivity contribution in [3.8, 4) is 0 Å². The van der Waals surface area contributed by atoms with Gasteiger partial charge in [-0.15, -0.1) is 0 Å². The third-order valence-electron chi connectivity index (χ3n) is 2.58. The highest BCUT2D eigenvalue weighted by Gasteiger charge is 2.08. The van der Waals surface area contributed by atoms with E-state index in [4.69, 9.17) is 11.6 Å². The van der Waals surface area contributed by atoms with Gasteiger partial charge in [0.25, 0.3) is 0 Å². The first-order valence-corrected chi connectivity index (χ1v) is 6.53. The van der Waals surface area contributed by atoms with Gasteiger partial charge in [-0.3, -0.25) is 4.79 Å². The fourth-order valence-electron chi connectivity index (χ4n) is 1.60. The van der Waals surface area contributed by atoms with Crippen molar-refractivity contribution in [2.24, 2.45) is 5.92 Å². The van der Waals surface area contributed by atoms with Crippen LogP contribution < -0.4 is 5.32 Å². The highest BCUT2D eigenvalue weighted by Crippen LogP contribution is 2.18. The lowest BCUT2D eigenvalue weighted by atomic mass is 10.1. The molecule has 0 heterocycles. The topological polar surface area (TPSA) is 29.1 Å². The Kier molecular flexibility index (Phi) is 6.30. The molecule has 100 valence electrons. The molecular formula is C14H19ClFNO. The van der Waals surface area contributed by atoms with Crippen molar-refractivity contribution in [2.45, 2.75) is 26.7 Å². The molecule has 0 fully saturated rings. The maximum absolute atomic E-state index is 13.6. The van der Waals surface area contributed by atoms with Crippen LogP contribution in [0.4, 0.5) is 4.39 Å². The van der Waals surface area contributed by atoms with Crippen LogP contribution in [0.15, 0.2) is 18.2 Å². The average Bonchev–Trinajstić information content (AvgIpc) is 2.30. The Hall–Kier alpha value is -0.930. The molecule has 1 N–H and O–H groups in total. The molecule has 2 nitrogen and oxygen atoms in total. The van der Waals surface area contributed by atoms with Gasteiger partial charge >= 0.3 is 0 Å². The number of carbonyl (C=O) groups is 1. The van der Waals surface area contributed by atoms with Crippen molar-refractivity contribution in [1.29, 1.82) is 0 Å². The molecule has 0 aromatic heterocycles. The van der Waals surface area contributed by atoms with Crippen molar-refractivity contribution in [3.05, 3.63) is 34.6 Å². The van der Waals surface area contributed by atoms with Gasteiger partial charge in [-0.25, -0.2) is 4.39 Å². The zero-order valence-electron chi connectivity index (χ0n) is 10.8. The lowest BCUT2D eigenvalue weighted by Crippen LogP contribution is -2.26. The van der Waals surface area contributed by atoms with E-state index < -0.39 is 5.82 Å². The number of halogens is 2. The molecule has 18 heavy (non-hydrogen) atoms. The van der Waals surface area contributed by atoms with E-state index in [0.29, 0.717) is 30.9 Å². The Morgan fingerprint density at radius 1 is 1.44 bits per heavy atom. The van der Waals surface area contributed by atoms with Gasteiger partial charge in [0.1, 0.15) is 11.6 Å². The van der Waals surface area contributed by atoms with E-state index >= 15 is 0 Å². The first-order chi connectivity index (χ1) is 8.50. The van der Waals surface area contributed by atoms with Crippen LogP contribution >= 0.6 is 11.6 Å². The first-order valence-electron chi connectivity index (χ1n) is 6.16. The van der Waals surface area contributed by atoms with Crippen molar-refractivity contribution >= 4 is 17.4 Å². The molecule has 0 amide bonds. The number of hydrogen-bond acceptors (Lipinski definition) is 2. The molecule has 0 saturated carbocycles. The van der Waals surface area contributed by atoms with E-state index in [2.05, 4.69) is 19.2 Å². The molecule has 4 heteroatoms. The third kappa shape index (κ3) is 5.15. The van der Waals surface area contributed by atoms with E-state index in [1.165, 1.54) is 6.07 Å². The molecule has 0 aliphatic heterocycles. The van der Waals surface area contributed by atoms with Gasteiger partial charge in [0, 0.05) is 6.42 Å². The number of hydrogen-bond donors (Lipinski definition) is 1. The SMILES string of the molecule is CC(C)CNCC(=O)CCc1cccc(Cl)c1F. The zero-order chi connectivity index (χ0) is 13.5. The lowest BCUT2D eigenvalue weighted by molar-refractivity contribution is -0.118. The monoisotopic (exact) mass is 271 g/mol. The van der Waals surface area contributed by atoms with E-state index in [9.17, 15) is 9.18 Å². The van der Waals surface area contributed by atoms with Crippen molar-refractivity contribution in [1.82, 2.24) is 5.32 Å². The predicted octanol–water partition coefficient (Wildman–Crippen LogP) is 3.23. The maximum atomic E-state index is 13.6. The summed E-state index contributed by atoms with van der Waals surface area (Å²) < 4.78 is 13.6. The summed E-state index contributed by atoms with van der Waals surface area (Å²) in [6.45, 7) is 5.33. The van der Waals surface area contributed by atoms with Gasteiger partial charge < -0.3 is 5.32 Å². The Bertz CT molecular complexity index is 407. The normalized spacial score (nSPS) is 10.9. The predicted molar refractivity (Wildman–Crippen MR) is 72.4 cm³/mol. The smallest absolute Gasteiger partial charge is 0.146 e. The summed E-state index contributed by atoms with van der Waals surface area (Å²) in [5.74, 6) is 0.195. The second-order valence-electron chi connectivity index (χ2n) is 4.78. The third-order valence-corrected chi connectivity index (χ3v) is 2.87. The summed E-state index contributed by atoms with van der Waals surface area (Å²) in [5.41, 5.74) is 0.500. The Labute approximate surface area is 113 Å². The minimum Gasteiger partial charge on any atom is -0.310 e. The van der Waals surface area contributed by atoms with Crippen LogP contribution in [-0.4, -0.2) is 18.9 Å². The quantitative estimate of drug-likeness (QED) is 0.825. The number of carbonyl (C=O) groups excluding carboxylic acids is 1.